The number of para-hydroxylation sites is 2. The van der Waals surface area contributed by atoms with Crippen LogP contribution in [0.1, 0.15) is 46.0 Å². The minimum Gasteiger partial charge on any atom is -0.486 e. The maximum absolute atomic E-state index is 12.6. The zero-order valence-electron chi connectivity index (χ0n) is 17.6. The summed E-state index contributed by atoms with van der Waals surface area (Å²) < 4.78 is 16.8. The lowest BCUT2D eigenvalue weighted by atomic mass is 10.1. The number of nitrogens with one attached hydrogen (secondary N) is 1. The molecule has 1 atom stereocenters. The number of aryl methyl sites for hydroxylation is 1. The number of amides is 1. The van der Waals surface area contributed by atoms with Gasteiger partial charge in [-0.05, 0) is 45.4 Å². The summed E-state index contributed by atoms with van der Waals surface area (Å²) in [7, 11) is 0. The molecule has 1 amide bonds. The Morgan fingerprint density at radius 1 is 1.20 bits per heavy atom. The number of benzene rings is 1. The van der Waals surface area contributed by atoms with E-state index in [0.717, 1.165) is 0 Å². The fourth-order valence-electron chi connectivity index (χ4n) is 3.58. The third-order valence-corrected chi connectivity index (χ3v) is 5.05. The van der Waals surface area contributed by atoms with Crippen LogP contribution < -0.4 is 9.47 Å². The molecule has 1 aliphatic heterocycles. The first-order valence-electron chi connectivity index (χ1n) is 9.85. The number of H-pyrrole nitrogens is 1. The van der Waals surface area contributed by atoms with Gasteiger partial charge in [-0.25, -0.2) is 4.79 Å². The maximum atomic E-state index is 12.6. The van der Waals surface area contributed by atoms with Gasteiger partial charge in [-0.1, -0.05) is 12.1 Å². The number of likely N-dealkylation sites (N-methyl/N-ethyl adjacent to an activating group) is 1. The number of carbonyl (C=O) groups is 3. The van der Waals surface area contributed by atoms with E-state index in [0.29, 0.717) is 48.0 Å². The van der Waals surface area contributed by atoms with E-state index >= 15 is 0 Å². The van der Waals surface area contributed by atoms with Gasteiger partial charge >= 0.3 is 5.97 Å². The molecule has 8 heteroatoms. The summed E-state index contributed by atoms with van der Waals surface area (Å²) >= 11 is 0. The van der Waals surface area contributed by atoms with Crippen molar-refractivity contribution < 1.29 is 28.6 Å². The Bertz CT molecular complexity index is 965. The van der Waals surface area contributed by atoms with Gasteiger partial charge < -0.3 is 24.1 Å². The van der Waals surface area contributed by atoms with Crippen LogP contribution in [0.4, 0.5) is 0 Å². The summed E-state index contributed by atoms with van der Waals surface area (Å²) in [5, 5.41) is 0. The molecule has 2 heterocycles. The van der Waals surface area contributed by atoms with Crippen LogP contribution in [-0.4, -0.2) is 60.0 Å². The average molecular weight is 414 g/mol. The monoisotopic (exact) mass is 414 g/mol. The number of fused-ring (bicyclic) bond motifs is 1. The fraction of sp³-hybridized carbons (Fsp3) is 0.409. The second-order valence-corrected chi connectivity index (χ2v) is 7.19. The van der Waals surface area contributed by atoms with Crippen LogP contribution in [0, 0.1) is 13.8 Å². The molecule has 160 valence electrons. The number of Topliss-reactive ketones (excluding diaryl/α,β-unsaturated/α-hetero) is 1. The zero-order valence-corrected chi connectivity index (χ0v) is 17.6. The number of nitrogens with zero attached hydrogens (tertiary/aromatic N) is 1. The second-order valence-electron chi connectivity index (χ2n) is 7.19. The summed E-state index contributed by atoms with van der Waals surface area (Å²) in [6, 6.07) is 7.37. The molecule has 0 aliphatic carbocycles. The first kappa shape index (κ1) is 21.4. The number of rotatable bonds is 7. The lowest BCUT2D eigenvalue weighted by molar-refractivity contribution is -0.135. The minimum atomic E-state index is -0.668. The number of hydrogen-bond acceptors (Lipinski definition) is 6. The molecule has 1 aliphatic rings. The van der Waals surface area contributed by atoms with E-state index in [1.165, 1.54) is 6.92 Å². The molecule has 0 bridgehead atoms. The van der Waals surface area contributed by atoms with Crippen molar-refractivity contribution in [3.8, 4) is 11.5 Å². The molecular weight excluding hydrogens is 388 g/mol. The smallest absolute Gasteiger partial charge is 0.355 e. The predicted octanol–water partition coefficient (Wildman–Crippen LogP) is 2.68. The van der Waals surface area contributed by atoms with Gasteiger partial charge in [0.15, 0.2) is 30.0 Å². The number of esters is 1. The van der Waals surface area contributed by atoms with Gasteiger partial charge in [0, 0.05) is 17.8 Å². The van der Waals surface area contributed by atoms with Gasteiger partial charge in [-0.2, -0.15) is 0 Å². The average Bonchev–Trinajstić information content (AvgIpc) is 3.04. The molecule has 0 unspecified atom stereocenters. The third-order valence-electron chi connectivity index (χ3n) is 5.05. The molecule has 0 saturated heterocycles. The summed E-state index contributed by atoms with van der Waals surface area (Å²) in [5.74, 6) is 0.186. The number of ketones is 1. The molecule has 0 spiro atoms. The van der Waals surface area contributed by atoms with Gasteiger partial charge in [0.1, 0.15) is 12.3 Å². The highest BCUT2D eigenvalue weighted by molar-refractivity contribution is 6.01. The van der Waals surface area contributed by atoms with Crippen LogP contribution in [-0.2, 0) is 9.53 Å². The molecule has 30 heavy (non-hydrogen) atoms. The van der Waals surface area contributed by atoms with Crippen molar-refractivity contribution in [3.63, 3.8) is 0 Å². The van der Waals surface area contributed by atoms with Crippen molar-refractivity contribution in [2.24, 2.45) is 0 Å². The van der Waals surface area contributed by atoms with E-state index in [2.05, 4.69) is 4.98 Å². The van der Waals surface area contributed by atoms with Crippen molar-refractivity contribution >= 4 is 17.7 Å². The Kier molecular flexibility index (Phi) is 6.44. The molecule has 3 rings (SSSR count). The van der Waals surface area contributed by atoms with Crippen LogP contribution in [0.25, 0.3) is 0 Å². The molecule has 1 aromatic carbocycles. The summed E-state index contributed by atoms with van der Waals surface area (Å²) in [6.07, 6.45) is -0.314. The Morgan fingerprint density at radius 2 is 1.90 bits per heavy atom. The predicted molar refractivity (Wildman–Crippen MR) is 109 cm³/mol. The minimum absolute atomic E-state index is 0.134. The molecule has 0 saturated carbocycles. The van der Waals surface area contributed by atoms with Gasteiger partial charge in [-0.3, -0.25) is 9.59 Å². The van der Waals surface area contributed by atoms with E-state index in [1.807, 2.05) is 31.2 Å². The van der Waals surface area contributed by atoms with Crippen molar-refractivity contribution in [2.75, 3.05) is 26.3 Å². The maximum Gasteiger partial charge on any atom is 0.355 e. The molecular formula is C22H26N2O6. The van der Waals surface area contributed by atoms with E-state index in [1.54, 1.807) is 18.7 Å². The molecule has 2 aromatic rings. The Balaban J connectivity index is 1.58. The molecule has 1 N–H and O–H groups in total. The number of aromatic nitrogens is 1. The van der Waals surface area contributed by atoms with Crippen LogP contribution in [0.2, 0.25) is 0 Å². The quantitative estimate of drug-likeness (QED) is 0.553. The highest BCUT2D eigenvalue weighted by Crippen LogP contribution is 2.31. The Labute approximate surface area is 175 Å². The van der Waals surface area contributed by atoms with Crippen LogP contribution in [0.15, 0.2) is 24.3 Å². The highest BCUT2D eigenvalue weighted by Gasteiger charge is 2.26. The lowest BCUT2D eigenvalue weighted by Crippen LogP contribution is -2.45. The largest absolute Gasteiger partial charge is 0.486 e. The van der Waals surface area contributed by atoms with Crippen LogP contribution in [0.3, 0.4) is 0 Å². The van der Waals surface area contributed by atoms with Gasteiger partial charge in [-0.15, -0.1) is 0 Å². The van der Waals surface area contributed by atoms with Gasteiger partial charge in [0.25, 0.3) is 5.91 Å². The summed E-state index contributed by atoms with van der Waals surface area (Å²) in [5.41, 5.74) is 1.78. The molecule has 1 aromatic heterocycles. The second kappa shape index (κ2) is 9.02. The normalized spacial score (nSPS) is 14.9. The van der Waals surface area contributed by atoms with Crippen molar-refractivity contribution in [2.45, 2.75) is 33.8 Å². The van der Waals surface area contributed by atoms with E-state index < -0.39 is 12.6 Å². The van der Waals surface area contributed by atoms with E-state index in [4.69, 9.17) is 14.2 Å². The Hall–Kier alpha value is -3.29. The standard InChI is InChI=1S/C22H26N2O6/c1-5-24(10-16-11-28-17-8-6-7-9-18(17)30-16)19(26)12-29-22(27)21-13(2)20(15(4)25)14(3)23-21/h6-9,16,23H,5,10-12H2,1-4H3/t16-/m0/s1. The van der Waals surface area contributed by atoms with Crippen molar-refractivity contribution in [1.82, 2.24) is 9.88 Å². The number of carbonyl (C=O) groups excluding carboxylic acids is 3. The van der Waals surface area contributed by atoms with Gasteiger partial charge in [0.05, 0.1) is 6.54 Å². The van der Waals surface area contributed by atoms with E-state index in [-0.39, 0.29) is 23.5 Å². The topological polar surface area (TPSA) is 97.9 Å². The fourth-order valence-corrected chi connectivity index (χ4v) is 3.58. The first-order chi connectivity index (χ1) is 14.3. The zero-order chi connectivity index (χ0) is 21.8. The number of aromatic amines is 1. The van der Waals surface area contributed by atoms with Crippen LogP contribution >= 0.6 is 0 Å². The molecule has 0 radical (unpaired) electrons. The Morgan fingerprint density at radius 3 is 2.53 bits per heavy atom. The summed E-state index contributed by atoms with van der Waals surface area (Å²) in [6.45, 7) is 7.36. The van der Waals surface area contributed by atoms with Crippen LogP contribution in [0.5, 0.6) is 11.5 Å². The van der Waals surface area contributed by atoms with Crippen molar-refractivity contribution in [3.05, 3.63) is 46.8 Å². The third kappa shape index (κ3) is 4.48. The summed E-state index contributed by atoms with van der Waals surface area (Å²) in [4.78, 5) is 41.2. The molecule has 0 fully saturated rings. The first-order valence-corrected chi connectivity index (χ1v) is 9.85. The number of hydrogen-bond donors (Lipinski definition) is 1. The lowest BCUT2D eigenvalue weighted by Gasteiger charge is -2.30. The number of ether oxygens (including phenoxy) is 3. The van der Waals surface area contributed by atoms with Gasteiger partial charge in [0.2, 0.25) is 0 Å². The molecule has 8 nitrogen and oxygen atoms in total. The van der Waals surface area contributed by atoms with E-state index in [9.17, 15) is 14.4 Å². The SMILES string of the molecule is CCN(C[C@H]1COc2ccccc2O1)C(=O)COC(=O)c1[nH]c(C)c(C(C)=O)c1C. The highest BCUT2D eigenvalue weighted by atomic mass is 16.6. The van der Waals surface area contributed by atoms with Crippen molar-refractivity contribution in [1.29, 1.82) is 0 Å².